The maximum Gasteiger partial charge on any atom is 0.220 e. The van der Waals surface area contributed by atoms with Gasteiger partial charge >= 0.3 is 0 Å². The van der Waals surface area contributed by atoms with Crippen LogP contribution in [-0.2, 0) is 23.7 Å². The molecule has 2 heterocycles. The van der Waals surface area contributed by atoms with Crippen molar-refractivity contribution in [1.29, 1.82) is 0 Å². The van der Waals surface area contributed by atoms with Crippen LogP contribution in [-0.4, -0.2) is 140 Å². The first-order valence-electron chi connectivity index (χ1n) is 34.4. The summed E-state index contributed by atoms with van der Waals surface area (Å²) in [5.74, 6) is -0.246. The predicted molar refractivity (Wildman–Crippen MR) is 337 cm³/mol. The predicted octanol–water partition coefficient (Wildman–Crippen LogP) is 13.5. The van der Waals surface area contributed by atoms with Crippen molar-refractivity contribution >= 4 is 5.91 Å². The van der Waals surface area contributed by atoms with Crippen molar-refractivity contribution in [2.24, 2.45) is 0 Å². The molecule has 9 N–H and O–H groups in total. The molecule has 2 rings (SSSR count). The van der Waals surface area contributed by atoms with Gasteiger partial charge in [-0.25, -0.2) is 0 Å². The van der Waals surface area contributed by atoms with E-state index in [0.29, 0.717) is 12.8 Å². The SMILES string of the molecule is CCCCCCC/C=C\C/C=C\CCCCCCCCCCCCCCCCCCCCCCCCCC(=O)NC(COC1OC(CO)C(OC2OC(CO)C(O)C(O)C2O)C(O)C1O)C(O)/C=C/CC/C=C/CCCCCCCCCC. The molecule has 1 amide bonds. The molecule has 12 atom stereocenters. The van der Waals surface area contributed by atoms with Gasteiger partial charge < -0.3 is 65.1 Å². The molecule has 0 bridgehead atoms. The van der Waals surface area contributed by atoms with Crippen LogP contribution in [0.5, 0.6) is 0 Å². The summed E-state index contributed by atoms with van der Waals surface area (Å²) in [6.07, 6.45) is 53.3. The topological polar surface area (TPSA) is 228 Å². The van der Waals surface area contributed by atoms with Crippen molar-refractivity contribution in [1.82, 2.24) is 5.32 Å². The first-order valence-corrected chi connectivity index (χ1v) is 34.4. The van der Waals surface area contributed by atoms with E-state index in [1.54, 1.807) is 6.08 Å². The van der Waals surface area contributed by atoms with Crippen LogP contribution in [0.2, 0.25) is 0 Å². The zero-order valence-corrected chi connectivity index (χ0v) is 52.7. The van der Waals surface area contributed by atoms with Crippen LogP contribution >= 0.6 is 0 Å². The van der Waals surface area contributed by atoms with E-state index >= 15 is 0 Å². The lowest BCUT2D eigenvalue weighted by Crippen LogP contribution is -2.65. The Labute approximate surface area is 505 Å². The maximum atomic E-state index is 13.3. The molecule has 0 aromatic rings. The summed E-state index contributed by atoms with van der Waals surface area (Å²) in [6.45, 7) is 2.78. The average molecular weight is 1180 g/mol. The third kappa shape index (κ3) is 38.8. The molecular weight excluding hydrogens is 1050 g/mol. The molecule has 14 heteroatoms. The Morgan fingerprint density at radius 1 is 0.434 bits per heavy atom. The van der Waals surface area contributed by atoms with E-state index in [-0.39, 0.29) is 18.9 Å². The summed E-state index contributed by atoms with van der Waals surface area (Å²) in [5.41, 5.74) is 0. The standard InChI is InChI=1S/C69H127NO13/c1-3-5-7-9-11-13-15-17-19-20-21-22-23-24-25-26-27-28-29-30-31-32-33-34-35-36-37-38-39-41-43-45-47-49-51-53-61(74)70-57(58(73)52-50-48-46-44-42-40-18-16-14-12-10-8-6-4-2)56-80-68-66(79)64(77)67(60(55-72)82-68)83-69-65(78)63(76)62(75)59(54-71)81-69/h15,17,20-21,42,44,50,52,57-60,62-69,71-73,75-79H,3-14,16,18-19,22-41,43,45-49,51,53-56H2,1-2H3,(H,70,74)/b17-15-,21-20-,44-42+,52-50+. The van der Waals surface area contributed by atoms with Crippen LogP contribution in [0.1, 0.15) is 290 Å². The second kappa shape index (κ2) is 54.1. The first-order chi connectivity index (χ1) is 40.6. The second-order valence-electron chi connectivity index (χ2n) is 24.3. The minimum absolute atomic E-state index is 0.246. The third-order valence-corrected chi connectivity index (χ3v) is 16.7. The van der Waals surface area contributed by atoms with Gasteiger partial charge in [0.1, 0.15) is 48.8 Å². The third-order valence-electron chi connectivity index (χ3n) is 16.7. The van der Waals surface area contributed by atoms with E-state index in [1.807, 2.05) is 6.08 Å². The minimum Gasteiger partial charge on any atom is -0.394 e. The van der Waals surface area contributed by atoms with Gasteiger partial charge in [0.2, 0.25) is 5.91 Å². The van der Waals surface area contributed by atoms with E-state index in [1.165, 1.54) is 218 Å². The number of carbonyl (C=O) groups excluding carboxylic acids is 1. The number of nitrogens with one attached hydrogen (secondary N) is 1. The number of aliphatic hydroxyl groups excluding tert-OH is 8. The fourth-order valence-corrected chi connectivity index (χ4v) is 11.2. The first kappa shape index (κ1) is 77.0. The summed E-state index contributed by atoms with van der Waals surface area (Å²) in [6, 6.07) is -0.930. The highest BCUT2D eigenvalue weighted by molar-refractivity contribution is 5.76. The Kier molecular flexibility index (Phi) is 50.2. The molecule has 14 nitrogen and oxygen atoms in total. The van der Waals surface area contributed by atoms with Crippen LogP contribution in [0.4, 0.5) is 0 Å². The van der Waals surface area contributed by atoms with Gasteiger partial charge in [0.15, 0.2) is 12.6 Å². The van der Waals surface area contributed by atoms with Crippen LogP contribution in [0.15, 0.2) is 48.6 Å². The Hall–Kier alpha value is -2.05. The van der Waals surface area contributed by atoms with Gasteiger partial charge in [0.05, 0.1) is 32.0 Å². The molecule has 0 radical (unpaired) electrons. The molecule has 2 aliphatic heterocycles. The summed E-state index contributed by atoms with van der Waals surface area (Å²) < 4.78 is 22.8. The van der Waals surface area contributed by atoms with Crippen molar-refractivity contribution in [3.05, 3.63) is 48.6 Å². The molecule has 0 saturated carbocycles. The molecule has 0 aromatic carbocycles. The van der Waals surface area contributed by atoms with Gasteiger partial charge in [0, 0.05) is 6.42 Å². The van der Waals surface area contributed by atoms with Gasteiger partial charge in [-0.15, -0.1) is 0 Å². The van der Waals surface area contributed by atoms with Gasteiger partial charge in [0.25, 0.3) is 0 Å². The van der Waals surface area contributed by atoms with Gasteiger partial charge in [-0.1, -0.05) is 268 Å². The lowest BCUT2D eigenvalue weighted by Gasteiger charge is -2.46. The molecule has 0 aromatic heterocycles. The molecule has 83 heavy (non-hydrogen) atoms. The van der Waals surface area contributed by atoms with E-state index in [4.69, 9.17) is 18.9 Å². The van der Waals surface area contributed by atoms with Crippen molar-refractivity contribution in [3.8, 4) is 0 Å². The van der Waals surface area contributed by atoms with Gasteiger partial charge in [-0.3, -0.25) is 4.79 Å². The molecule has 486 valence electrons. The van der Waals surface area contributed by atoms with E-state index in [0.717, 1.165) is 38.5 Å². The number of unbranched alkanes of at least 4 members (excludes halogenated alkanes) is 37. The quantitative estimate of drug-likeness (QED) is 0.0204. The van der Waals surface area contributed by atoms with Crippen molar-refractivity contribution in [2.45, 2.75) is 364 Å². The van der Waals surface area contributed by atoms with E-state index in [2.05, 4.69) is 55.6 Å². The summed E-state index contributed by atoms with van der Waals surface area (Å²) in [4.78, 5) is 13.3. The normalized spacial score (nSPS) is 24.1. The molecule has 2 fully saturated rings. The molecule has 0 spiro atoms. The van der Waals surface area contributed by atoms with E-state index < -0.39 is 86.8 Å². The average Bonchev–Trinajstić information content (AvgIpc) is 3.64. The lowest BCUT2D eigenvalue weighted by molar-refractivity contribution is -0.359. The van der Waals surface area contributed by atoms with E-state index in [9.17, 15) is 45.6 Å². The Balaban J connectivity index is 1.60. The smallest absolute Gasteiger partial charge is 0.220 e. The van der Waals surface area contributed by atoms with Crippen LogP contribution in [0, 0.1) is 0 Å². The summed E-state index contributed by atoms with van der Waals surface area (Å²) in [7, 11) is 0. The minimum atomic E-state index is -1.79. The van der Waals surface area contributed by atoms with Crippen molar-refractivity contribution in [3.63, 3.8) is 0 Å². The van der Waals surface area contributed by atoms with Gasteiger partial charge in [-0.05, 0) is 64.2 Å². The monoisotopic (exact) mass is 1180 g/mol. The lowest BCUT2D eigenvalue weighted by atomic mass is 9.97. The maximum absolute atomic E-state index is 13.3. The Bertz CT molecular complexity index is 1580. The fourth-order valence-electron chi connectivity index (χ4n) is 11.2. The molecular formula is C69H127NO13. The molecule has 12 unspecified atom stereocenters. The number of amides is 1. The fraction of sp³-hybridized carbons (Fsp3) is 0.870. The highest BCUT2D eigenvalue weighted by Crippen LogP contribution is 2.30. The van der Waals surface area contributed by atoms with Crippen LogP contribution < -0.4 is 5.32 Å². The molecule has 2 saturated heterocycles. The number of carbonyl (C=O) groups is 1. The highest BCUT2D eigenvalue weighted by atomic mass is 16.7. The molecule has 2 aliphatic rings. The Morgan fingerprint density at radius 3 is 1.25 bits per heavy atom. The second-order valence-corrected chi connectivity index (χ2v) is 24.3. The number of hydrogen-bond donors (Lipinski definition) is 9. The largest absolute Gasteiger partial charge is 0.394 e. The zero-order valence-electron chi connectivity index (χ0n) is 52.7. The van der Waals surface area contributed by atoms with Gasteiger partial charge in [-0.2, -0.15) is 0 Å². The van der Waals surface area contributed by atoms with Crippen molar-refractivity contribution in [2.75, 3.05) is 19.8 Å². The Morgan fingerprint density at radius 2 is 0.807 bits per heavy atom. The number of allylic oxidation sites excluding steroid dienone is 7. The number of hydrogen-bond acceptors (Lipinski definition) is 13. The van der Waals surface area contributed by atoms with Crippen LogP contribution in [0.3, 0.4) is 0 Å². The van der Waals surface area contributed by atoms with Crippen LogP contribution in [0.25, 0.3) is 0 Å². The number of aliphatic hydroxyl groups is 8. The summed E-state index contributed by atoms with van der Waals surface area (Å²) >= 11 is 0. The summed E-state index contributed by atoms with van der Waals surface area (Å²) in [5, 5.41) is 87.2. The highest BCUT2D eigenvalue weighted by Gasteiger charge is 2.51. The zero-order chi connectivity index (χ0) is 60.2. The number of ether oxygens (including phenoxy) is 4. The van der Waals surface area contributed by atoms with Crippen molar-refractivity contribution < 1.29 is 64.6 Å². The molecule has 0 aliphatic carbocycles. The number of rotatable bonds is 56.